The van der Waals surface area contributed by atoms with E-state index in [4.69, 9.17) is 18.9 Å². The number of hydrogen-bond acceptors (Lipinski definition) is 7. The zero-order valence-electron chi connectivity index (χ0n) is 48.9. The Bertz CT molecular complexity index is 1550. The molecule has 0 aliphatic rings. The van der Waals surface area contributed by atoms with E-state index >= 15 is 0 Å². The summed E-state index contributed by atoms with van der Waals surface area (Å²) in [4.78, 5) is 37.3. The van der Waals surface area contributed by atoms with Gasteiger partial charge in [0, 0.05) is 12.8 Å². The highest BCUT2D eigenvalue weighted by atomic mass is 16.7. The topological polar surface area (TPSA) is 108 Å². The molecule has 0 saturated heterocycles. The van der Waals surface area contributed by atoms with Gasteiger partial charge in [0.25, 0.3) is 6.29 Å². The van der Waals surface area contributed by atoms with Gasteiger partial charge >= 0.3 is 17.9 Å². The van der Waals surface area contributed by atoms with Gasteiger partial charge in [-0.05, 0) is 77.0 Å². The Kier molecular flexibility index (Phi) is 53.6. The van der Waals surface area contributed by atoms with Crippen molar-refractivity contribution in [2.24, 2.45) is 0 Å². The van der Waals surface area contributed by atoms with Crippen molar-refractivity contribution in [2.45, 2.75) is 257 Å². The van der Waals surface area contributed by atoms with Crippen molar-refractivity contribution in [3.05, 3.63) is 97.2 Å². The summed E-state index contributed by atoms with van der Waals surface area (Å²) in [6, 6.07) is 0. The Balaban J connectivity index is 4.04. The predicted octanol–water partition coefficient (Wildman–Crippen LogP) is 18.1. The fourth-order valence-electron chi connectivity index (χ4n) is 8.21. The minimum absolute atomic E-state index is 0.182. The van der Waals surface area contributed by atoms with E-state index in [0.29, 0.717) is 17.4 Å². The standard InChI is InChI=1S/C66H113NO8/c1-6-8-10-12-14-16-18-19-20-21-22-23-24-25-26-27-28-29-30-31-32-33-34-35-36-37-38-39-40-41-42-43-44-45-47-49-51-53-55-57-64(69)75-62(61-74-66(65(70)71)72-59-58-67(3,4)5)60-73-63(68)56-54-52-50-48-46-17-15-13-11-9-7-2/h8,10,14,16,19-20,22-23,25-26,28-29,31-32,34-35,62,66H,6-7,9,11-13,15,17-18,21,24,27,30,33,36-61H2,1-5H3/p+1/b10-8-,16-14-,20-19-,23-22-,26-25-,29-28-,32-31-,35-34-. The third-order valence-electron chi connectivity index (χ3n) is 12.9. The van der Waals surface area contributed by atoms with E-state index in [0.717, 1.165) is 89.9 Å². The lowest BCUT2D eigenvalue weighted by Gasteiger charge is -2.25. The normalized spacial score (nSPS) is 13.5. The number of carboxylic acid groups (broad SMARTS) is 1. The van der Waals surface area contributed by atoms with Crippen LogP contribution in [-0.4, -0.2) is 87.4 Å². The average Bonchev–Trinajstić information content (AvgIpc) is 3.38. The SMILES string of the molecule is CC/C=C\C/C=C\C/C=C\C/C=C\C/C=C\C/C=C\C/C=C\C/C=C\CCCCCCCCCCCCCCCCC(=O)OC(COC(=O)CCCCCCCCCCCCC)COC(OCC[N+](C)(C)C)C(=O)O. The number of esters is 2. The molecule has 0 aromatic heterocycles. The number of carboxylic acids is 1. The van der Waals surface area contributed by atoms with Crippen LogP contribution in [0.15, 0.2) is 97.2 Å². The number of likely N-dealkylation sites (N-methyl/N-ethyl adjacent to an activating group) is 1. The summed E-state index contributed by atoms with van der Waals surface area (Å²) in [6.45, 7) is 4.75. The third-order valence-corrected chi connectivity index (χ3v) is 12.9. The zero-order valence-corrected chi connectivity index (χ0v) is 48.9. The summed E-state index contributed by atoms with van der Waals surface area (Å²) in [7, 11) is 5.96. The molecule has 1 N–H and O–H groups in total. The van der Waals surface area contributed by atoms with E-state index in [-0.39, 0.29) is 32.2 Å². The molecule has 0 amide bonds. The summed E-state index contributed by atoms with van der Waals surface area (Å²) in [5.41, 5.74) is 0. The molecule has 9 heteroatoms. The number of ether oxygens (including phenoxy) is 4. The summed E-state index contributed by atoms with van der Waals surface area (Å²) >= 11 is 0. The number of carbonyl (C=O) groups excluding carboxylic acids is 2. The van der Waals surface area contributed by atoms with Gasteiger partial charge in [0.1, 0.15) is 13.2 Å². The number of rotatable bonds is 55. The van der Waals surface area contributed by atoms with E-state index in [1.165, 1.54) is 128 Å². The molecule has 75 heavy (non-hydrogen) atoms. The lowest BCUT2D eigenvalue weighted by molar-refractivity contribution is -0.870. The molecule has 0 bridgehead atoms. The summed E-state index contributed by atoms with van der Waals surface area (Å²) in [5.74, 6) is -2.00. The van der Waals surface area contributed by atoms with Crippen molar-refractivity contribution in [2.75, 3.05) is 47.5 Å². The monoisotopic (exact) mass is 1050 g/mol. The van der Waals surface area contributed by atoms with Crippen molar-refractivity contribution in [1.82, 2.24) is 0 Å². The molecular weight excluding hydrogens is 935 g/mol. The minimum Gasteiger partial charge on any atom is -0.477 e. The minimum atomic E-state index is -1.51. The van der Waals surface area contributed by atoms with Gasteiger partial charge in [-0.15, -0.1) is 0 Å². The van der Waals surface area contributed by atoms with Gasteiger partial charge < -0.3 is 28.5 Å². The Morgan fingerprint density at radius 1 is 0.413 bits per heavy atom. The van der Waals surface area contributed by atoms with Crippen molar-refractivity contribution < 1.29 is 42.9 Å². The smallest absolute Gasteiger partial charge is 0.361 e. The molecule has 9 nitrogen and oxygen atoms in total. The van der Waals surface area contributed by atoms with Crippen LogP contribution < -0.4 is 0 Å². The Labute approximate surface area is 461 Å². The lowest BCUT2D eigenvalue weighted by atomic mass is 10.0. The number of nitrogens with zero attached hydrogens (tertiary/aromatic N) is 1. The van der Waals surface area contributed by atoms with Crippen LogP contribution in [0.2, 0.25) is 0 Å². The highest BCUT2D eigenvalue weighted by Gasteiger charge is 2.25. The first kappa shape index (κ1) is 71.2. The van der Waals surface area contributed by atoms with Gasteiger partial charge in [-0.1, -0.05) is 252 Å². The molecule has 0 saturated carbocycles. The highest BCUT2D eigenvalue weighted by Crippen LogP contribution is 2.16. The zero-order chi connectivity index (χ0) is 54.8. The van der Waals surface area contributed by atoms with Crippen LogP contribution in [0, 0.1) is 0 Å². The molecule has 2 unspecified atom stereocenters. The number of quaternary nitrogens is 1. The number of hydrogen-bond donors (Lipinski definition) is 1. The van der Waals surface area contributed by atoms with Crippen molar-refractivity contribution in [3.8, 4) is 0 Å². The maximum absolute atomic E-state index is 12.9. The molecular formula is C66H114NO8+. The van der Waals surface area contributed by atoms with Crippen LogP contribution in [0.4, 0.5) is 0 Å². The lowest BCUT2D eigenvalue weighted by Crippen LogP contribution is -2.40. The molecule has 0 aromatic rings. The van der Waals surface area contributed by atoms with Gasteiger partial charge in [0.15, 0.2) is 6.10 Å². The van der Waals surface area contributed by atoms with E-state index in [1.54, 1.807) is 0 Å². The Hall–Kier alpha value is -3.79. The van der Waals surface area contributed by atoms with Gasteiger partial charge in [-0.25, -0.2) is 4.79 Å². The molecule has 0 aromatic carbocycles. The van der Waals surface area contributed by atoms with Crippen LogP contribution >= 0.6 is 0 Å². The van der Waals surface area contributed by atoms with E-state index < -0.39 is 24.3 Å². The summed E-state index contributed by atoms with van der Waals surface area (Å²) < 4.78 is 22.8. The van der Waals surface area contributed by atoms with E-state index in [9.17, 15) is 19.5 Å². The van der Waals surface area contributed by atoms with Crippen LogP contribution in [0.3, 0.4) is 0 Å². The fraction of sp³-hybridized carbons (Fsp3) is 0.712. The molecule has 0 fully saturated rings. The molecule has 0 spiro atoms. The number of aliphatic carboxylic acids is 1. The first-order valence-corrected chi connectivity index (χ1v) is 30.4. The average molecular weight is 1050 g/mol. The van der Waals surface area contributed by atoms with Crippen LogP contribution in [-0.2, 0) is 33.3 Å². The summed E-state index contributed by atoms with van der Waals surface area (Å²) in [6.07, 6.45) is 73.6. The Morgan fingerprint density at radius 2 is 0.760 bits per heavy atom. The molecule has 0 radical (unpaired) electrons. The Morgan fingerprint density at radius 3 is 1.13 bits per heavy atom. The van der Waals surface area contributed by atoms with E-state index in [2.05, 4.69) is 111 Å². The van der Waals surface area contributed by atoms with Gasteiger partial charge in [-0.3, -0.25) is 9.59 Å². The second-order valence-corrected chi connectivity index (χ2v) is 21.3. The van der Waals surface area contributed by atoms with Crippen LogP contribution in [0.5, 0.6) is 0 Å². The second kappa shape index (κ2) is 56.4. The molecule has 0 heterocycles. The predicted molar refractivity (Wildman–Crippen MR) is 318 cm³/mol. The molecule has 0 aliphatic carbocycles. The third kappa shape index (κ3) is 57.7. The van der Waals surface area contributed by atoms with Gasteiger partial charge in [0.2, 0.25) is 0 Å². The maximum Gasteiger partial charge on any atom is 0.361 e. The summed E-state index contributed by atoms with van der Waals surface area (Å²) in [5, 5.41) is 9.68. The van der Waals surface area contributed by atoms with E-state index in [1.807, 2.05) is 21.1 Å². The molecule has 430 valence electrons. The van der Waals surface area contributed by atoms with Crippen molar-refractivity contribution >= 4 is 17.9 Å². The van der Waals surface area contributed by atoms with Gasteiger partial charge in [0.05, 0.1) is 34.4 Å². The molecule has 2 atom stereocenters. The maximum atomic E-state index is 12.9. The molecule has 0 rings (SSSR count). The van der Waals surface area contributed by atoms with Gasteiger partial charge in [-0.2, -0.15) is 0 Å². The second-order valence-electron chi connectivity index (χ2n) is 21.3. The quantitative estimate of drug-likeness (QED) is 0.0211. The van der Waals surface area contributed by atoms with Crippen LogP contribution in [0.1, 0.15) is 245 Å². The first-order valence-electron chi connectivity index (χ1n) is 30.4. The largest absolute Gasteiger partial charge is 0.477 e. The first-order chi connectivity index (χ1) is 36.6. The number of unbranched alkanes of at least 4 members (excludes halogenated alkanes) is 24. The van der Waals surface area contributed by atoms with Crippen molar-refractivity contribution in [3.63, 3.8) is 0 Å². The van der Waals surface area contributed by atoms with Crippen LogP contribution in [0.25, 0.3) is 0 Å². The highest BCUT2D eigenvalue weighted by molar-refractivity contribution is 5.71. The van der Waals surface area contributed by atoms with Crippen molar-refractivity contribution in [1.29, 1.82) is 0 Å². The molecule has 0 aliphatic heterocycles. The number of allylic oxidation sites excluding steroid dienone is 16. The fourth-order valence-corrected chi connectivity index (χ4v) is 8.21. The number of carbonyl (C=O) groups is 3.